The second-order valence-corrected chi connectivity index (χ2v) is 8.30. The summed E-state index contributed by atoms with van der Waals surface area (Å²) in [5, 5.41) is 3.54. The largest absolute Gasteiger partial charge is 0.482 e. The van der Waals surface area contributed by atoms with Crippen molar-refractivity contribution in [3.63, 3.8) is 0 Å². The molecule has 0 radical (unpaired) electrons. The van der Waals surface area contributed by atoms with E-state index in [9.17, 15) is 9.59 Å². The third-order valence-electron chi connectivity index (χ3n) is 5.53. The lowest BCUT2D eigenvalue weighted by molar-refractivity contribution is -0.142. The zero-order valence-electron chi connectivity index (χ0n) is 17.6. The van der Waals surface area contributed by atoms with Crippen LogP contribution in [-0.2, 0) is 16.1 Å². The highest BCUT2D eigenvalue weighted by molar-refractivity contribution is 6.32. The summed E-state index contributed by atoms with van der Waals surface area (Å²) in [6.07, 6.45) is 4.27. The van der Waals surface area contributed by atoms with Crippen molar-refractivity contribution in [3.05, 3.63) is 64.7 Å². The number of rotatable bonds is 8. The molecule has 1 unspecified atom stereocenters. The van der Waals surface area contributed by atoms with Gasteiger partial charge in [-0.05, 0) is 44.4 Å². The first-order chi connectivity index (χ1) is 14.4. The van der Waals surface area contributed by atoms with E-state index >= 15 is 0 Å². The van der Waals surface area contributed by atoms with Gasteiger partial charge < -0.3 is 15.0 Å². The molecule has 0 saturated heterocycles. The van der Waals surface area contributed by atoms with Gasteiger partial charge in [0.1, 0.15) is 11.8 Å². The number of carbonyl (C=O) groups excluding carboxylic acids is 2. The molecule has 1 aliphatic rings. The van der Waals surface area contributed by atoms with Crippen LogP contribution in [0.4, 0.5) is 0 Å². The van der Waals surface area contributed by atoms with Crippen molar-refractivity contribution in [1.82, 2.24) is 10.2 Å². The summed E-state index contributed by atoms with van der Waals surface area (Å²) in [5.74, 6) is 0.0653. The Kier molecular flexibility index (Phi) is 7.75. The number of para-hydroxylation sites is 1. The standard InChI is InChI=1S/C24H29ClN2O3/c1-17-11-13-19(14-12-17)15-27(18(2)24(29)26-20-7-3-4-8-20)23(28)16-30-22-10-6-5-9-21(22)25/h5-6,9-14,18,20H,3-4,7-8,15-16H2,1-2H3,(H,26,29). The molecule has 1 N–H and O–H groups in total. The summed E-state index contributed by atoms with van der Waals surface area (Å²) in [6.45, 7) is 3.94. The van der Waals surface area contributed by atoms with Gasteiger partial charge in [0.2, 0.25) is 5.91 Å². The molecular formula is C24H29ClN2O3. The summed E-state index contributed by atoms with van der Waals surface area (Å²) in [5.41, 5.74) is 2.11. The second-order valence-electron chi connectivity index (χ2n) is 7.89. The SMILES string of the molecule is Cc1ccc(CN(C(=O)COc2ccccc2Cl)C(C)C(=O)NC2CCCC2)cc1. The van der Waals surface area contributed by atoms with E-state index in [1.165, 1.54) is 0 Å². The van der Waals surface area contributed by atoms with E-state index in [-0.39, 0.29) is 24.5 Å². The smallest absolute Gasteiger partial charge is 0.261 e. The molecule has 30 heavy (non-hydrogen) atoms. The zero-order chi connectivity index (χ0) is 21.5. The van der Waals surface area contributed by atoms with E-state index in [0.29, 0.717) is 17.3 Å². The number of amides is 2. The van der Waals surface area contributed by atoms with Crippen LogP contribution in [0.5, 0.6) is 5.75 Å². The Morgan fingerprint density at radius 2 is 1.80 bits per heavy atom. The van der Waals surface area contributed by atoms with Crippen molar-refractivity contribution in [1.29, 1.82) is 0 Å². The lowest BCUT2D eigenvalue weighted by Crippen LogP contribution is -2.50. The van der Waals surface area contributed by atoms with Gasteiger partial charge in [0.05, 0.1) is 5.02 Å². The average Bonchev–Trinajstić information content (AvgIpc) is 3.25. The van der Waals surface area contributed by atoms with Crippen LogP contribution >= 0.6 is 11.6 Å². The fourth-order valence-corrected chi connectivity index (χ4v) is 3.84. The predicted molar refractivity (Wildman–Crippen MR) is 119 cm³/mol. The summed E-state index contributed by atoms with van der Waals surface area (Å²) in [6, 6.07) is 14.6. The van der Waals surface area contributed by atoms with Crippen molar-refractivity contribution >= 4 is 23.4 Å². The van der Waals surface area contributed by atoms with Crippen molar-refractivity contribution in [2.75, 3.05) is 6.61 Å². The predicted octanol–water partition coefficient (Wildman–Crippen LogP) is 4.50. The molecule has 0 bridgehead atoms. The van der Waals surface area contributed by atoms with Gasteiger partial charge in [-0.25, -0.2) is 0 Å². The van der Waals surface area contributed by atoms with Gasteiger partial charge >= 0.3 is 0 Å². The summed E-state index contributed by atoms with van der Waals surface area (Å²) in [4.78, 5) is 27.5. The highest BCUT2D eigenvalue weighted by Crippen LogP contribution is 2.23. The normalized spacial score (nSPS) is 14.9. The van der Waals surface area contributed by atoms with Gasteiger partial charge in [-0.3, -0.25) is 9.59 Å². The number of aryl methyl sites for hydroxylation is 1. The third-order valence-corrected chi connectivity index (χ3v) is 5.84. The Morgan fingerprint density at radius 1 is 1.13 bits per heavy atom. The van der Waals surface area contributed by atoms with Gasteiger partial charge in [0.15, 0.2) is 6.61 Å². The molecule has 2 aromatic carbocycles. The van der Waals surface area contributed by atoms with Crippen LogP contribution in [0.15, 0.2) is 48.5 Å². The summed E-state index contributed by atoms with van der Waals surface area (Å²) < 4.78 is 5.64. The molecule has 6 heteroatoms. The van der Waals surface area contributed by atoms with Crippen molar-refractivity contribution in [2.45, 2.75) is 58.2 Å². The fourth-order valence-electron chi connectivity index (χ4n) is 3.65. The molecule has 1 aliphatic carbocycles. The van der Waals surface area contributed by atoms with E-state index in [4.69, 9.17) is 16.3 Å². The van der Waals surface area contributed by atoms with Crippen LogP contribution in [0.3, 0.4) is 0 Å². The average molecular weight is 429 g/mol. The second kappa shape index (κ2) is 10.5. The van der Waals surface area contributed by atoms with Gasteiger partial charge in [-0.1, -0.05) is 66.4 Å². The molecule has 0 aliphatic heterocycles. The summed E-state index contributed by atoms with van der Waals surface area (Å²) in [7, 11) is 0. The minimum atomic E-state index is -0.603. The molecule has 0 spiro atoms. The zero-order valence-corrected chi connectivity index (χ0v) is 18.3. The van der Waals surface area contributed by atoms with Crippen LogP contribution in [0.1, 0.15) is 43.7 Å². The first-order valence-corrected chi connectivity index (χ1v) is 10.8. The van der Waals surface area contributed by atoms with Gasteiger partial charge in [0.25, 0.3) is 5.91 Å². The number of nitrogens with zero attached hydrogens (tertiary/aromatic N) is 1. The molecule has 1 fully saturated rings. The Balaban J connectivity index is 1.71. The molecule has 5 nitrogen and oxygen atoms in total. The van der Waals surface area contributed by atoms with Crippen LogP contribution < -0.4 is 10.1 Å². The number of carbonyl (C=O) groups is 2. The number of hydrogen-bond donors (Lipinski definition) is 1. The minimum absolute atomic E-state index is 0.125. The monoisotopic (exact) mass is 428 g/mol. The highest BCUT2D eigenvalue weighted by atomic mass is 35.5. The number of benzene rings is 2. The first-order valence-electron chi connectivity index (χ1n) is 10.5. The minimum Gasteiger partial charge on any atom is -0.482 e. The van der Waals surface area contributed by atoms with Gasteiger partial charge in [0, 0.05) is 12.6 Å². The maximum atomic E-state index is 13.1. The lowest BCUT2D eigenvalue weighted by Gasteiger charge is -2.29. The van der Waals surface area contributed by atoms with Crippen molar-refractivity contribution in [3.8, 4) is 5.75 Å². The van der Waals surface area contributed by atoms with E-state index in [1.807, 2.05) is 31.2 Å². The molecule has 1 atom stereocenters. The molecule has 2 amide bonds. The molecule has 2 aromatic rings. The summed E-state index contributed by atoms with van der Waals surface area (Å²) >= 11 is 6.13. The molecular weight excluding hydrogens is 400 g/mol. The maximum absolute atomic E-state index is 13.1. The molecule has 3 rings (SSSR count). The molecule has 0 heterocycles. The Morgan fingerprint density at radius 3 is 2.47 bits per heavy atom. The highest BCUT2D eigenvalue weighted by Gasteiger charge is 2.28. The Hall–Kier alpha value is -2.53. The van der Waals surface area contributed by atoms with Crippen molar-refractivity contribution < 1.29 is 14.3 Å². The maximum Gasteiger partial charge on any atom is 0.261 e. The number of hydrogen-bond acceptors (Lipinski definition) is 3. The third kappa shape index (κ3) is 5.99. The topological polar surface area (TPSA) is 58.6 Å². The van der Waals surface area contributed by atoms with Crippen LogP contribution in [0.25, 0.3) is 0 Å². The molecule has 0 aromatic heterocycles. The van der Waals surface area contributed by atoms with Crippen LogP contribution in [-0.4, -0.2) is 35.4 Å². The quantitative estimate of drug-likeness (QED) is 0.673. The van der Waals surface area contributed by atoms with Gasteiger partial charge in [-0.2, -0.15) is 0 Å². The number of ether oxygens (including phenoxy) is 1. The van der Waals surface area contributed by atoms with E-state index in [2.05, 4.69) is 5.32 Å². The Labute approximate surface area is 183 Å². The molecule has 1 saturated carbocycles. The Bertz CT molecular complexity index is 863. The lowest BCUT2D eigenvalue weighted by atomic mass is 10.1. The van der Waals surface area contributed by atoms with Crippen LogP contribution in [0, 0.1) is 6.92 Å². The first kappa shape index (κ1) is 22.2. The number of halogens is 1. The fraction of sp³-hybridized carbons (Fsp3) is 0.417. The molecule has 160 valence electrons. The number of nitrogens with one attached hydrogen (secondary N) is 1. The van der Waals surface area contributed by atoms with E-state index in [0.717, 1.165) is 36.8 Å². The van der Waals surface area contributed by atoms with Gasteiger partial charge in [-0.15, -0.1) is 0 Å². The van der Waals surface area contributed by atoms with Crippen LogP contribution in [0.2, 0.25) is 5.02 Å². The van der Waals surface area contributed by atoms with E-state index in [1.54, 1.807) is 36.1 Å². The van der Waals surface area contributed by atoms with Crippen molar-refractivity contribution in [2.24, 2.45) is 0 Å². The van der Waals surface area contributed by atoms with E-state index < -0.39 is 6.04 Å².